The maximum absolute atomic E-state index is 12.1. The molecule has 0 saturated carbocycles. The summed E-state index contributed by atoms with van der Waals surface area (Å²) in [5.74, 6) is -0.888. The summed E-state index contributed by atoms with van der Waals surface area (Å²) in [6.45, 7) is 1.53. The van der Waals surface area contributed by atoms with E-state index in [-0.39, 0.29) is 18.6 Å². The lowest BCUT2D eigenvalue weighted by Gasteiger charge is -2.18. The Labute approximate surface area is 145 Å². The van der Waals surface area contributed by atoms with E-state index < -0.39 is 5.97 Å². The molecule has 0 saturated heterocycles. The summed E-state index contributed by atoms with van der Waals surface area (Å²) in [5, 5.41) is 4.88. The highest BCUT2D eigenvalue weighted by Gasteiger charge is 2.18. The smallest absolute Gasteiger partial charge is 0.331 e. The summed E-state index contributed by atoms with van der Waals surface area (Å²) in [5.41, 5.74) is 0.979. The van der Waals surface area contributed by atoms with Crippen molar-refractivity contribution in [1.82, 2.24) is 5.32 Å². The van der Waals surface area contributed by atoms with Crippen LogP contribution in [0.3, 0.4) is 0 Å². The van der Waals surface area contributed by atoms with Crippen molar-refractivity contribution in [3.63, 3.8) is 0 Å². The predicted molar refractivity (Wildman–Crippen MR) is 95.7 cm³/mol. The quantitative estimate of drug-likeness (QED) is 0.475. The molecule has 0 radical (unpaired) electrons. The Bertz CT molecular complexity index is 705. The van der Waals surface area contributed by atoms with E-state index in [4.69, 9.17) is 4.74 Å². The number of hydrogen-bond donors (Lipinski definition) is 1. The lowest BCUT2D eigenvalue weighted by atomic mass is 10.1. The third-order valence-electron chi connectivity index (χ3n) is 3.15. The van der Waals surface area contributed by atoms with Crippen LogP contribution in [0.15, 0.2) is 72.1 Å². The molecule has 0 aliphatic rings. The molecule has 1 aromatic carbocycles. The Morgan fingerprint density at radius 3 is 2.62 bits per heavy atom. The molecule has 0 aliphatic carbocycles. The number of rotatable bonds is 7. The van der Waals surface area contributed by atoms with E-state index in [1.54, 1.807) is 29.6 Å². The molecule has 1 amide bonds. The van der Waals surface area contributed by atoms with E-state index in [2.05, 4.69) is 5.32 Å². The van der Waals surface area contributed by atoms with Crippen molar-refractivity contribution in [3.8, 4) is 0 Å². The molecule has 1 aromatic heterocycles. The Kier molecular flexibility index (Phi) is 6.98. The van der Waals surface area contributed by atoms with Crippen LogP contribution < -0.4 is 5.32 Å². The largest absolute Gasteiger partial charge is 0.452 e. The highest BCUT2D eigenvalue weighted by Crippen LogP contribution is 2.25. The van der Waals surface area contributed by atoms with E-state index in [9.17, 15) is 9.59 Å². The van der Waals surface area contributed by atoms with Gasteiger partial charge in [-0.25, -0.2) is 4.79 Å². The normalized spacial score (nSPS) is 12.4. The van der Waals surface area contributed by atoms with Gasteiger partial charge in [0.1, 0.15) is 0 Å². The minimum atomic E-state index is -0.546. The molecule has 5 heteroatoms. The molecule has 1 atom stereocenters. The number of carbonyl (C=O) groups is 2. The highest BCUT2D eigenvalue weighted by atomic mass is 32.1. The van der Waals surface area contributed by atoms with Crippen molar-refractivity contribution >= 4 is 23.2 Å². The van der Waals surface area contributed by atoms with Crippen LogP contribution in [-0.2, 0) is 14.3 Å². The second-order valence-electron chi connectivity index (χ2n) is 4.92. The van der Waals surface area contributed by atoms with E-state index in [0.717, 1.165) is 10.4 Å². The van der Waals surface area contributed by atoms with E-state index >= 15 is 0 Å². The van der Waals surface area contributed by atoms with E-state index in [1.165, 1.54) is 6.08 Å². The molecule has 1 N–H and O–H groups in total. The summed E-state index contributed by atoms with van der Waals surface area (Å²) < 4.78 is 4.94. The summed E-state index contributed by atoms with van der Waals surface area (Å²) in [4.78, 5) is 24.6. The molecule has 2 rings (SSSR count). The van der Waals surface area contributed by atoms with Gasteiger partial charge in [0.15, 0.2) is 6.61 Å². The van der Waals surface area contributed by atoms with Gasteiger partial charge in [-0.2, -0.15) is 0 Å². The molecule has 0 bridgehead atoms. The minimum absolute atomic E-state index is 0.254. The number of thiophene rings is 1. The van der Waals surface area contributed by atoms with Crippen LogP contribution in [0, 0.1) is 0 Å². The van der Waals surface area contributed by atoms with Gasteiger partial charge in [-0.05, 0) is 23.9 Å². The first kappa shape index (κ1) is 17.7. The van der Waals surface area contributed by atoms with Crippen LogP contribution in [0.1, 0.15) is 23.4 Å². The van der Waals surface area contributed by atoms with Gasteiger partial charge < -0.3 is 10.1 Å². The molecule has 2 aromatic rings. The number of carbonyl (C=O) groups excluding carboxylic acids is 2. The molecule has 4 nitrogen and oxygen atoms in total. The van der Waals surface area contributed by atoms with Gasteiger partial charge in [-0.3, -0.25) is 4.79 Å². The maximum Gasteiger partial charge on any atom is 0.331 e. The van der Waals surface area contributed by atoms with Crippen LogP contribution >= 0.6 is 11.3 Å². The van der Waals surface area contributed by atoms with Gasteiger partial charge in [-0.15, -0.1) is 11.3 Å². The first-order valence-electron chi connectivity index (χ1n) is 7.54. The summed E-state index contributed by atoms with van der Waals surface area (Å²) in [6.07, 6.45) is 6.35. The van der Waals surface area contributed by atoms with E-state index in [0.29, 0.717) is 0 Å². The zero-order valence-electron chi connectivity index (χ0n) is 13.3. The highest BCUT2D eigenvalue weighted by molar-refractivity contribution is 7.10. The fourth-order valence-electron chi connectivity index (χ4n) is 2.05. The third-order valence-corrected chi connectivity index (χ3v) is 4.08. The van der Waals surface area contributed by atoms with Gasteiger partial charge in [0.05, 0.1) is 6.04 Å². The molecule has 0 aliphatic heterocycles. The Morgan fingerprint density at radius 2 is 1.96 bits per heavy atom. The monoisotopic (exact) mass is 341 g/mol. The second-order valence-corrected chi connectivity index (χ2v) is 5.90. The van der Waals surface area contributed by atoms with Crippen molar-refractivity contribution < 1.29 is 14.3 Å². The van der Waals surface area contributed by atoms with Crippen molar-refractivity contribution in [1.29, 1.82) is 0 Å². The zero-order chi connectivity index (χ0) is 17.2. The van der Waals surface area contributed by atoms with Crippen LogP contribution in [-0.4, -0.2) is 18.5 Å². The molecule has 1 heterocycles. The Balaban J connectivity index is 1.97. The maximum atomic E-state index is 12.1. The summed E-state index contributed by atoms with van der Waals surface area (Å²) in [7, 11) is 0. The SMILES string of the molecule is C/C=C/C=C/C(=O)OCC(=O)NC(c1ccccc1)c1cccs1. The molecule has 124 valence electrons. The second kappa shape index (κ2) is 9.47. The molecule has 0 spiro atoms. The average Bonchev–Trinajstić information content (AvgIpc) is 3.13. The number of amides is 1. The first-order chi connectivity index (χ1) is 11.7. The van der Waals surface area contributed by atoms with Gasteiger partial charge in [-0.1, -0.05) is 54.6 Å². The number of nitrogens with one attached hydrogen (secondary N) is 1. The summed E-state index contributed by atoms with van der Waals surface area (Å²) >= 11 is 1.56. The van der Waals surface area contributed by atoms with Crippen LogP contribution in [0.5, 0.6) is 0 Å². The minimum Gasteiger partial charge on any atom is -0.452 e. The topological polar surface area (TPSA) is 55.4 Å². The van der Waals surface area contributed by atoms with Gasteiger partial charge >= 0.3 is 5.97 Å². The molecular weight excluding hydrogens is 322 g/mol. The third kappa shape index (κ3) is 5.52. The Hall–Kier alpha value is -2.66. The zero-order valence-corrected chi connectivity index (χ0v) is 14.2. The van der Waals surface area contributed by atoms with Crippen LogP contribution in [0.25, 0.3) is 0 Å². The average molecular weight is 341 g/mol. The number of benzene rings is 1. The number of allylic oxidation sites excluding steroid dienone is 3. The van der Waals surface area contributed by atoms with Gasteiger partial charge in [0.25, 0.3) is 5.91 Å². The number of esters is 1. The fourth-order valence-corrected chi connectivity index (χ4v) is 2.85. The van der Waals surface area contributed by atoms with Gasteiger partial charge in [0.2, 0.25) is 0 Å². The number of hydrogen-bond acceptors (Lipinski definition) is 4. The first-order valence-corrected chi connectivity index (χ1v) is 8.42. The molecule has 24 heavy (non-hydrogen) atoms. The predicted octanol–water partition coefficient (Wildman–Crippen LogP) is 3.63. The standard InChI is InChI=1S/C19H19NO3S/c1-2-3-5-12-18(22)23-14-17(21)20-19(16-11-8-13-24-16)15-9-6-4-7-10-15/h2-13,19H,14H2,1H3,(H,20,21)/b3-2+,12-5+. The lowest BCUT2D eigenvalue weighted by Crippen LogP contribution is -2.32. The molecular formula is C19H19NO3S. The number of ether oxygens (including phenoxy) is 1. The molecule has 1 unspecified atom stereocenters. The van der Waals surface area contributed by atoms with Crippen LogP contribution in [0.4, 0.5) is 0 Å². The van der Waals surface area contributed by atoms with Gasteiger partial charge in [0, 0.05) is 11.0 Å². The van der Waals surface area contributed by atoms with Crippen molar-refractivity contribution in [2.45, 2.75) is 13.0 Å². The van der Waals surface area contributed by atoms with Crippen LogP contribution in [0.2, 0.25) is 0 Å². The molecule has 0 fully saturated rings. The van der Waals surface area contributed by atoms with Crippen molar-refractivity contribution in [3.05, 3.63) is 82.6 Å². The summed E-state index contributed by atoms with van der Waals surface area (Å²) in [6, 6.07) is 13.3. The van der Waals surface area contributed by atoms with Crippen molar-refractivity contribution in [2.75, 3.05) is 6.61 Å². The van der Waals surface area contributed by atoms with Crippen molar-refractivity contribution in [2.24, 2.45) is 0 Å². The van der Waals surface area contributed by atoms with E-state index in [1.807, 2.05) is 54.8 Å². The Morgan fingerprint density at radius 1 is 1.17 bits per heavy atom. The fraction of sp³-hybridized carbons (Fsp3) is 0.158. The lowest BCUT2D eigenvalue weighted by molar-refractivity contribution is -0.144.